The standard InChI is InChI=1S/C21H23ClN2O5S/c1-28-18-8-6-16(13-20(18)30(26,27)24-9-3-2-4-10-24)23-21(25)19-12-14-11-15(22)5-7-17(14)29-19/h5-8,11,13,19H,2-4,9-10,12H2,1H3,(H,23,25)/t19-/m1/s1. The van der Waals surface area contributed by atoms with Crippen molar-refractivity contribution in [1.82, 2.24) is 4.31 Å². The number of benzene rings is 2. The number of ether oxygens (including phenoxy) is 2. The average Bonchev–Trinajstić information content (AvgIpc) is 3.17. The Bertz CT molecular complexity index is 1070. The first-order valence-corrected chi connectivity index (χ1v) is 11.6. The highest BCUT2D eigenvalue weighted by Gasteiger charge is 2.31. The predicted molar refractivity (Wildman–Crippen MR) is 114 cm³/mol. The molecule has 160 valence electrons. The summed E-state index contributed by atoms with van der Waals surface area (Å²) in [5.41, 5.74) is 1.24. The van der Waals surface area contributed by atoms with E-state index in [-0.39, 0.29) is 16.6 Å². The summed E-state index contributed by atoms with van der Waals surface area (Å²) in [4.78, 5) is 12.8. The van der Waals surface area contributed by atoms with Gasteiger partial charge in [-0.3, -0.25) is 4.79 Å². The fourth-order valence-corrected chi connectivity index (χ4v) is 5.68. The summed E-state index contributed by atoms with van der Waals surface area (Å²) in [6, 6.07) is 9.84. The molecule has 0 bridgehead atoms. The van der Waals surface area contributed by atoms with Crippen molar-refractivity contribution in [2.75, 3.05) is 25.5 Å². The van der Waals surface area contributed by atoms with E-state index in [2.05, 4.69) is 5.32 Å². The third kappa shape index (κ3) is 4.12. The van der Waals surface area contributed by atoms with Crippen LogP contribution in [-0.2, 0) is 21.2 Å². The molecule has 1 atom stereocenters. The number of hydrogen-bond donors (Lipinski definition) is 1. The fourth-order valence-electron chi connectivity index (χ4n) is 3.79. The van der Waals surface area contributed by atoms with Crippen LogP contribution in [0.3, 0.4) is 0 Å². The normalized spacial score (nSPS) is 19.1. The lowest BCUT2D eigenvalue weighted by molar-refractivity contribution is -0.122. The SMILES string of the molecule is COc1ccc(NC(=O)[C@H]2Cc3cc(Cl)ccc3O2)cc1S(=O)(=O)N1CCCCC1. The minimum atomic E-state index is -3.72. The molecule has 0 spiro atoms. The highest BCUT2D eigenvalue weighted by atomic mass is 35.5. The number of sulfonamides is 1. The van der Waals surface area contributed by atoms with Crippen LogP contribution in [0.1, 0.15) is 24.8 Å². The number of anilines is 1. The van der Waals surface area contributed by atoms with Crippen LogP contribution in [0.25, 0.3) is 0 Å². The molecule has 0 saturated carbocycles. The summed E-state index contributed by atoms with van der Waals surface area (Å²) in [7, 11) is -2.29. The quantitative estimate of drug-likeness (QED) is 0.754. The van der Waals surface area contributed by atoms with Crippen molar-refractivity contribution in [3.63, 3.8) is 0 Å². The molecular weight excluding hydrogens is 428 g/mol. The van der Waals surface area contributed by atoms with Crippen LogP contribution in [0.5, 0.6) is 11.5 Å². The average molecular weight is 451 g/mol. The third-order valence-electron chi connectivity index (χ3n) is 5.35. The van der Waals surface area contributed by atoms with Gasteiger partial charge in [0.25, 0.3) is 5.91 Å². The molecule has 2 heterocycles. The van der Waals surface area contributed by atoms with Crippen LogP contribution < -0.4 is 14.8 Å². The van der Waals surface area contributed by atoms with Gasteiger partial charge < -0.3 is 14.8 Å². The monoisotopic (exact) mass is 450 g/mol. The van der Waals surface area contributed by atoms with Crippen molar-refractivity contribution >= 4 is 33.2 Å². The summed E-state index contributed by atoms with van der Waals surface area (Å²) < 4.78 is 38.7. The maximum Gasteiger partial charge on any atom is 0.265 e. The first-order valence-electron chi connectivity index (χ1n) is 9.82. The molecule has 2 aromatic rings. The zero-order valence-corrected chi connectivity index (χ0v) is 18.1. The fraction of sp³-hybridized carbons (Fsp3) is 0.381. The largest absolute Gasteiger partial charge is 0.495 e. The molecule has 0 radical (unpaired) electrons. The number of rotatable bonds is 5. The molecule has 7 nitrogen and oxygen atoms in total. The lowest BCUT2D eigenvalue weighted by atomic mass is 10.1. The van der Waals surface area contributed by atoms with Gasteiger partial charge in [-0.25, -0.2) is 8.42 Å². The highest BCUT2D eigenvalue weighted by molar-refractivity contribution is 7.89. The lowest BCUT2D eigenvalue weighted by Gasteiger charge is -2.26. The summed E-state index contributed by atoms with van der Waals surface area (Å²) in [5, 5.41) is 3.35. The third-order valence-corrected chi connectivity index (χ3v) is 7.51. The molecule has 1 amide bonds. The zero-order chi connectivity index (χ0) is 21.3. The van der Waals surface area contributed by atoms with Gasteiger partial charge in [0.1, 0.15) is 16.4 Å². The molecular formula is C21H23ClN2O5S. The van der Waals surface area contributed by atoms with Crippen LogP contribution in [0.15, 0.2) is 41.3 Å². The van der Waals surface area contributed by atoms with Crippen LogP contribution in [0.4, 0.5) is 5.69 Å². The van der Waals surface area contributed by atoms with Crippen molar-refractivity contribution in [2.45, 2.75) is 36.7 Å². The van der Waals surface area contributed by atoms with Crippen LogP contribution >= 0.6 is 11.6 Å². The smallest absolute Gasteiger partial charge is 0.265 e. The number of methoxy groups -OCH3 is 1. The Kier molecular flexibility index (Phi) is 5.90. The molecule has 2 aromatic carbocycles. The van der Waals surface area contributed by atoms with E-state index < -0.39 is 16.1 Å². The van der Waals surface area contributed by atoms with Crippen molar-refractivity contribution in [3.8, 4) is 11.5 Å². The summed E-state index contributed by atoms with van der Waals surface area (Å²) in [5.74, 6) is 0.522. The van der Waals surface area contributed by atoms with Crippen LogP contribution in [0, 0.1) is 0 Å². The maximum absolute atomic E-state index is 13.1. The van der Waals surface area contributed by atoms with Crippen molar-refractivity contribution in [1.29, 1.82) is 0 Å². The second-order valence-electron chi connectivity index (χ2n) is 7.38. The molecule has 0 aromatic heterocycles. The lowest BCUT2D eigenvalue weighted by Crippen LogP contribution is -2.36. The molecule has 9 heteroatoms. The van der Waals surface area contributed by atoms with E-state index in [9.17, 15) is 13.2 Å². The number of carbonyl (C=O) groups is 1. The Morgan fingerprint density at radius 2 is 1.93 bits per heavy atom. The van der Waals surface area contributed by atoms with E-state index in [4.69, 9.17) is 21.1 Å². The van der Waals surface area contributed by atoms with E-state index in [1.807, 2.05) is 0 Å². The van der Waals surface area contributed by atoms with Crippen LogP contribution in [-0.4, -0.2) is 44.9 Å². The Labute approximate surface area is 181 Å². The van der Waals surface area contributed by atoms with Crippen LogP contribution in [0.2, 0.25) is 5.02 Å². The Balaban J connectivity index is 1.54. The number of fused-ring (bicyclic) bond motifs is 1. The minimum Gasteiger partial charge on any atom is -0.495 e. The maximum atomic E-state index is 13.1. The molecule has 4 rings (SSSR count). The number of hydrogen-bond acceptors (Lipinski definition) is 5. The molecule has 1 N–H and O–H groups in total. The molecule has 2 aliphatic heterocycles. The predicted octanol–water partition coefficient (Wildman–Crippen LogP) is 3.47. The molecule has 1 saturated heterocycles. The number of nitrogens with zero attached hydrogens (tertiary/aromatic N) is 1. The first kappa shape index (κ1) is 21.0. The van der Waals surface area contributed by atoms with Gasteiger partial charge >= 0.3 is 0 Å². The summed E-state index contributed by atoms with van der Waals surface area (Å²) >= 11 is 6.00. The van der Waals surface area contributed by atoms with Gasteiger partial charge in [-0.05, 0) is 54.8 Å². The van der Waals surface area contributed by atoms with Gasteiger partial charge in [-0.15, -0.1) is 0 Å². The first-order chi connectivity index (χ1) is 14.4. The molecule has 0 aliphatic carbocycles. The van der Waals surface area contributed by atoms with E-state index in [1.165, 1.54) is 17.5 Å². The van der Waals surface area contributed by atoms with Crippen molar-refractivity contribution < 1.29 is 22.7 Å². The Hall–Kier alpha value is -2.29. The summed E-state index contributed by atoms with van der Waals surface area (Å²) in [6.07, 6.45) is 2.39. The second-order valence-corrected chi connectivity index (χ2v) is 9.73. The number of halogens is 1. The van der Waals surface area contributed by atoms with E-state index in [1.54, 1.807) is 30.3 Å². The number of amides is 1. The number of piperidine rings is 1. The Morgan fingerprint density at radius 1 is 1.17 bits per heavy atom. The molecule has 1 fully saturated rings. The topological polar surface area (TPSA) is 84.9 Å². The van der Waals surface area contributed by atoms with E-state index >= 15 is 0 Å². The number of carbonyl (C=O) groups excluding carboxylic acids is 1. The van der Waals surface area contributed by atoms with Crippen molar-refractivity contribution in [3.05, 3.63) is 47.0 Å². The van der Waals surface area contributed by atoms with Gasteiger partial charge in [-0.1, -0.05) is 18.0 Å². The second kappa shape index (κ2) is 8.45. The number of nitrogens with one attached hydrogen (secondary N) is 1. The van der Waals surface area contributed by atoms with E-state index in [0.717, 1.165) is 24.8 Å². The molecule has 30 heavy (non-hydrogen) atoms. The summed E-state index contributed by atoms with van der Waals surface area (Å²) in [6.45, 7) is 0.970. The molecule has 0 unspecified atom stereocenters. The van der Waals surface area contributed by atoms with Gasteiger partial charge in [0.2, 0.25) is 10.0 Å². The minimum absolute atomic E-state index is 0.0482. The van der Waals surface area contributed by atoms with Gasteiger partial charge in [0.15, 0.2) is 6.10 Å². The van der Waals surface area contributed by atoms with E-state index in [0.29, 0.717) is 36.0 Å². The zero-order valence-electron chi connectivity index (χ0n) is 16.6. The van der Waals surface area contributed by atoms with Gasteiger partial charge in [0.05, 0.1) is 7.11 Å². The van der Waals surface area contributed by atoms with Crippen molar-refractivity contribution in [2.24, 2.45) is 0 Å². The van der Waals surface area contributed by atoms with Gasteiger partial charge in [0, 0.05) is 30.2 Å². The molecule has 2 aliphatic rings. The Morgan fingerprint density at radius 3 is 2.67 bits per heavy atom. The highest BCUT2D eigenvalue weighted by Crippen LogP contribution is 2.33. The van der Waals surface area contributed by atoms with Gasteiger partial charge in [-0.2, -0.15) is 4.31 Å².